The third kappa shape index (κ3) is 3.56. The highest BCUT2D eigenvalue weighted by Gasteiger charge is 2.23. The van der Waals surface area contributed by atoms with Crippen molar-refractivity contribution < 1.29 is 4.79 Å². The van der Waals surface area contributed by atoms with Crippen LogP contribution in [0.4, 0.5) is 5.69 Å². The number of hydrogen-bond donors (Lipinski definition) is 1. The first kappa shape index (κ1) is 21.1. The molecule has 1 amide bonds. The van der Waals surface area contributed by atoms with E-state index in [0.29, 0.717) is 32.2 Å². The Morgan fingerprint density at radius 1 is 1.23 bits per heavy atom. The number of nitrogens with one attached hydrogen (secondary N) is 1. The summed E-state index contributed by atoms with van der Waals surface area (Å²) in [5, 5.41) is 4.32. The Bertz CT molecular complexity index is 1200. The molecule has 7 heteroatoms. The Hall–Kier alpha value is -2.18. The number of rotatable bonds is 4. The molecule has 2 aromatic heterocycles. The number of aromatic nitrogens is 2. The van der Waals surface area contributed by atoms with Gasteiger partial charge in [0.1, 0.15) is 10.7 Å². The summed E-state index contributed by atoms with van der Waals surface area (Å²) in [5.74, 6) is 0.636. The second-order valence-electron chi connectivity index (χ2n) is 7.75. The van der Waals surface area contributed by atoms with Crippen molar-refractivity contribution in [3.8, 4) is 0 Å². The fourth-order valence-corrected chi connectivity index (χ4v) is 5.64. The number of nitrogens with zero attached hydrogens (tertiary/aromatic N) is 2. The minimum absolute atomic E-state index is 0.0176. The second kappa shape index (κ2) is 8.52. The minimum atomic E-state index is -0.207. The van der Waals surface area contributed by atoms with Crippen molar-refractivity contribution in [2.75, 3.05) is 5.32 Å². The predicted molar refractivity (Wildman–Crippen MR) is 124 cm³/mol. The largest absolute Gasteiger partial charge is 0.321 e. The fourth-order valence-electron chi connectivity index (χ4n) is 4.26. The van der Waals surface area contributed by atoms with Crippen molar-refractivity contribution >= 4 is 44.7 Å². The Morgan fingerprint density at radius 3 is 2.77 bits per heavy atom. The van der Waals surface area contributed by atoms with Gasteiger partial charge in [-0.3, -0.25) is 14.2 Å². The monoisotopic (exact) mass is 443 g/mol. The van der Waals surface area contributed by atoms with Crippen LogP contribution in [-0.2, 0) is 25.8 Å². The zero-order valence-corrected chi connectivity index (χ0v) is 19.2. The summed E-state index contributed by atoms with van der Waals surface area (Å²) >= 11 is 7.69. The first-order valence-corrected chi connectivity index (χ1v) is 11.8. The van der Waals surface area contributed by atoms with Crippen LogP contribution in [-0.4, -0.2) is 15.5 Å². The lowest BCUT2D eigenvalue weighted by atomic mass is 10.0. The van der Waals surface area contributed by atoms with E-state index >= 15 is 0 Å². The molecule has 5 nitrogen and oxygen atoms in total. The van der Waals surface area contributed by atoms with Crippen LogP contribution in [0, 0.1) is 6.92 Å². The highest BCUT2D eigenvalue weighted by atomic mass is 35.5. The van der Waals surface area contributed by atoms with Crippen LogP contribution in [0.25, 0.3) is 10.2 Å². The van der Waals surface area contributed by atoms with E-state index in [-0.39, 0.29) is 11.5 Å². The number of halogens is 1. The van der Waals surface area contributed by atoms with Gasteiger partial charge >= 0.3 is 0 Å². The molecule has 0 unspecified atom stereocenters. The van der Waals surface area contributed by atoms with Gasteiger partial charge in [-0.1, -0.05) is 37.9 Å². The maximum atomic E-state index is 13.3. The molecule has 1 aliphatic heterocycles. The maximum Gasteiger partial charge on any atom is 0.266 e. The van der Waals surface area contributed by atoms with E-state index in [1.54, 1.807) is 4.57 Å². The SMILES string of the molecule is CCc1ccc(Cl)c(CC)c1NC(=O)c1sc2nc3n(c(=O)c2c1C)CCCCC3. The molecule has 3 heterocycles. The van der Waals surface area contributed by atoms with Gasteiger partial charge in [-0.2, -0.15) is 0 Å². The van der Waals surface area contributed by atoms with Crippen molar-refractivity contribution in [2.45, 2.75) is 65.8 Å². The Balaban J connectivity index is 1.79. The van der Waals surface area contributed by atoms with Gasteiger partial charge in [0, 0.05) is 23.7 Å². The van der Waals surface area contributed by atoms with E-state index in [1.165, 1.54) is 11.3 Å². The fraction of sp³-hybridized carbons (Fsp3) is 0.435. The number of hydrogen-bond acceptors (Lipinski definition) is 4. The molecule has 158 valence electrons. The van der Waals surface area contributed by atoms with E-state index < -0.39 is 0 Å². The van der Waals surface area contributed by atoms with Crippen LogP contribution in [0.3, 0.4) is 0 Å². The predicted octanol–water partition coefficient (Wildman–Crippen LogP) is 5.52. The zero-order chi connectivity index (χ0) is 21.4. The lowest BCUT2D eigenvalue weighted by Gasteiger charge is -2.15. The van der Waals surface area contributed by atoms with Crippen molar-refractivity contribution in [3.05, 3.63) is 54.9 Å². The number of thiophene rings is 1. The van der Waals surface area contributed by atoms with E-state index in [0.717, 1.165) is 61.2 Å². The van der Waals surface area contributed by atoms with Gasteiger partial charge in [0.05, 0.1) is 10.3 Å². The maximum absolute atomic E-state index is 13.3. The van der Waals surface area contributed by atoms with Crippen molar-refractivity contribution in [3.63, 3.8) is 0 Å². The molecule has 0 bridgehead atoms. The number of aryl methyl sites for hydroxylation is 3. The second-order valence-corrected chi connectivity index (χ2v) is 9.16. The number of amides is 1. The van der Waals surface area contributed by atoms with Crippen LogP contribution in [0.1, 0.15) is 65.3 Å². The summed E-state index contributed by atoms with van der Waals surface area (Å²) < 4.78 is 1.80. The topological polar surface area (TPSA) is 64.0 Å². The first-order chi connectivity index (χ1) is 14.5. The number of anilines is 1. The number of fused-ring (bicyclic) bond motifs is 2. The highest BCUT2D eigenvalue weighted by Crippen LogP contribution is 2.33. The molecule has 0 saturated carbocycles. The Morgan fingerprint density at radius 2 is 2.03 bits per heavy atom. The molecule has 3 aromatic rings. The van der Waals surface area contributed by atoms with E-state index in [1.807, 2.05) is 26.0 Å². The van der Waals surface area contributed by atoms with Gasteiger partial charge in [0.25, 0.3) is 11.5 Å². The van der Waals surface area contributed by atoms with Crippen molar-refractivity contribution in [1.29, 1.82) is 0 Å². The van der Waals surface area contributed by atoms with Gasteiger partial charge in [-0.05, 0) is 55.4 Å². The summed E-state index contributed by atoms with van der Waals surface area (Å²) in [6.45, 7) is 6.63. The normalized spacial score (nSPS) is 13.9. The summed E-state index contributed by atoms with van der Waals surface area (Å²) in [6, 6.07) is 3.84. The van der Waals surface area contributed by atoms with Crippen LogP contribution >= 0.6 is 22.9 Å². The lowest BCUT2D eigenvalue weighted by Crippen LogP contribution is -2.24. The van der Waals surface area contributed by atoms with Gasteiger partial charge in [-0.15, -0.1) is 11.3 Å². The zero-order valence-electron chi connectivity index (χ0n) is 17.6. The molecule has 0 aliphatic carbocycles. The number of carbonyl (C=O) groups is 1. The molecule has 0 spiro atoms. The molecule has 1 aliphatic rings. The van der Waals surface area contributed by atoms with Crippen LogP contribution in [0.15, 0.2) is 16.9 Å². The summed E-state index contributed by atoms with van der Waals surface area (Å²) in [5.41, 5.74) is 3.47. The minimum Gasteiger partial charge on any atom is -0.321 e. The third-order valence-corrected chi connectivity index (χ3v) is 7.47. The van der Waals surface area contributed by atoms with E-state index in [2.05, 4.69) is 12.2 Å². The Kier molecular flexibility index (Phi) is 5.98. The molecule has 4 rings (SSSR count). The van der Waals surface area contributed by atoms with E-state index in [4.69, 9.17) is 16.6 Å². The van der Waals surface area contributed by atoms with Crippen LogP contribution < -0.4 is 10.9 Å². The van der Waals surface area contributed by atoms with Gasteiger partial charge < -0.3 is 5.32 Å². The van der Waals surface area contributed by atoms with E-state index in [9.17, 15) is 9.59 Å². The molecule has 0 atom stereocenters. The van der Waals surface area contributed by atoms with Crippen molar-refractivity contribution in [2.24, 2.45) is 0 Å². The number of benzene rings is 1. The van der Waals surface area contributed by atoms with Gasteiger partial charge in [0.15, 0.2) is 0 Å². The average molecular weight is 444 g/mol. The quantitative estimate of drug-likeness (QED) is 0.577. The summed E-state index contributed by atoms with van der Waals surface area (Å²) in [6.07, 6.45) is 5.48. The van der Waals surface area contributed by atoms with Gasteiger partial charge in [-0.25, -0.2) is 4.98 Å². The third-order valence-electron chi connectivity index (χ3n) is 5.93. The molecule has 1 aromatic carbocycles. The van der Waals surface area contributed by atoms with Gasteiger partial charge in [0.2, 0.25) is 0 Å². The highest BCUT2D eigenvalue weighted by molar-refractivity contribution is 7.20. The summed E-state index contributed by atoms with van der Waals surface area (Å²) in [4.78, 5) is 32.4. The summed E-state index contributed by atoms with van der Waals surface area (Å²) in [7, 11) is 0. The Labute approximate surface area is 185 Å². The molecule has 30 heavy (non-hydrogen) atoms. The molecular formula is C23H26ClN3O2S. The van der Waals surface area contributed by atoms with Crippen LogP contribution in [0.5, 0.6) is 0 Å². The number of carbonyl (C=O) groups excluding carboxylic acids is 1. The van der Waals surface area contributed by atoms with Crippen molar-refractivity contribution in [1.82, 2.24) is 9.55 Å². The molecule has 0 fully saturated rings. The molecule has 0 saturated heterocycles. The molecule has 0 radical (unpaired) electrons. The average Bonchev–Trinajstić information content (AvgIpc) is 2.89. The lowest BCUT2D eigenvalue weighted by molar-refractivity contribution is 0.103. The molecule has 1 N–H and O–H groups in total. The molecular weight excluding hydrogens is 418 g/mol. The smallest absolute Gasteiger partial charge is 0.266 e. The first-order valence-electron chi connectivity index (χ1n) is 10.6. The standard InChI is InChI=1S/C23H26ClN3O2S/c1-4-14-10-11-16(24)15(5-2)19(14)26-21(28)20-13(3)18-22(30-20)25-17-9-7-6-8-12-27(17)23(18)29/h10-11H,4-9,12H2,1-3H3,(H,26,28). The van der Waals surface area contributed by atoms with Crippen LogP contribution in [0.2, 0.25) is 5.02 Å².